The summed E-state index contributed by atoms with van der Waals surface area (Å²) in [6, 6.07) is 1.46. The second-order valence-electron chi connectivity index (χ2n) is 6.00. The summed E-state index contributed by atoms with van der Waals surface area (Å²) >= 11 is 0. The minimum absolute atomic E-state index is 0.482. The summed E-state index contributed by atoms with van der Waals surface area (Å²) in [6.45, 7) is 4.34. The van der Waals surface area contributed by atoms with Gasteiger partial charge in [0.1, 0.15) is 0 Å². The van der Waals surface area contributed by atoms with Gasteiger partial charge in [0.2, 0.25) is 0 Å². The van der Waals surface area contributed by atoms with Gasteiger partial charge >= 0.3 is 0 Å². The third-order valence-corrected chi connectivity index (χ3v) is 5.11. The quantitative estimate of drug-likeness (QED) is 0.819. The summed E-state index contributed by atoms with van der Waals surface area (Å²) in [5, 5.41) is 0. The lowest BCUT2D eigenvalue weighted by molar-refractivity contribution is 0.0102. The van der Waals surface area contributed by atoms with E-state index in [9.17, 15) is 0 Å². The molecule has 0 saturated heterocycles. The highest BCUT2D eigenvalue weighted by atomic mass is 16.5. The second-order valence-corrected chi connectivity index (χ2v) is 6.00. The molecule has 0 heterocycles. The molecule has 0 bridgehead atoms. The summed E-state index contributed by atoms with van der Waals surface area (Å²) in [5.74, 6) is 0.730. The van der Waals surface area contributed by atoms with E-state index >= 15 is 0 Å². The Morgan fingerprint density at radius 1 is 1.17 bits per heavy atom. The average Bonchev–Trinajstić information content (AvgIpc) is 2.88. The summed E-state index contributed by atoms with van der Waals surface area (Å²) in [4.78, 5) is 2.75. The minimum Gasteiger partial charge on any atom is -0.381 e. The zero-order valence-electron chi connectivity index (χ0n) is 12.1. The van der Waals surface area contributed by atoms with Crippen molar-refractivity contribution in [2.75, 3.05) is 20.2 Å². The van der Waals surface area contributed by atoms with Gasteiger partial charge in [-0.3, -0.25) is 4.90 Å². The molecule has 2 saturated carbocycles. The van der Waals surface area contributed by atoms with Gasteiger partial charge in [0, 0.05) is 19.2 Å². The van der Waals surface area contributed by atoms with Gasteiger partial charge in [-0.05, 0) is 57.5 Å². The van der Waals surface area contributed by atoms with E-state index in [0.717, 1.165) is 24.5 Å². The third kappa shape index (κ3) is 3.06. The molecule has 18 heavy (non-hydrogen) atoms. The molecule has 106 valence electrons. The fraction of sp³-hybridized carbons (Fsp3) is 1.00. The van der Waals surface area contributed by atoms with E-state index in [0.29, 0.717) is 6.10 Å². The molecule has 2 aliphatic rings. The maximum absolute atomic E-state index is 5.95. The SMILES string of the molecule is CCN(C1CCCC(OC)C1)C1CCCC1CN. The van der Waals surface area contributed by atoms with E-state index in [2.05, 4.69) is 11.8 Å². The van der Waals surface area contributed by atoms with E-state index in [1.54, 1.807) is 0 Å². The highest BCUT2D eigenvalue weighted by Gasteiger charge is 2.35. The topological polar surface area (TPSA) is 38.5 Å². The number of methoxy groups -OCH3 is 1. The van der Waals surface area contributed by atoms with Crippen molar-refractivity contribution < 1.29 is 4.74 Å². The Labute approximate surface area is 112 Å². The predicted molar refractivity (Wildman–Crippen MR) is 75.6 cm³/mol. The zero-order valence-corrected chi connectivity index (χ0v) is 12.1. The van der Waals surface area contributed by atoms with Crippen LogP contribution in [0.1, 0.15) is 51.9 Å². The maximum atomic E-state index is 5.95. The molecule has 0 radical (unpaired) electrons. The Bertz CT molecular complexity index is 247. The molecule has 2 aliphatic carbocycles. The van der Waals surface area contributed by atoms with Crippen LogP contribution in [-0.2, 0) is 4.74 Å². The number of hydrogen-bond acceptors (Lipinski definition) is 3. The van der Waals surface area contributed by atoms with Gasteiger partial charge in [0.05, 0.1) is 6.10 Å². The van der Waals surface area contributed by atoms with E-state index in [-0.39, 0.29) is 0 Å². The van der Waals surface area contributed by atoms with Crippen LogP contribution >= 0.6 is 0 Å². The largest absolute Gasteiger partial charge is 0.381 e. The second kappa shape index (κ2) is 6.88. The van der Waals surface area contributed by atoms with Crippen molar-refractivity contribution in [1.29, 1.82) is 0 Å². The molecule has 2 fully saturated rings. The first kappa shape index (κ1) is 14.3. The number of rotatable bonds is 5. The van der Waals surface area contributed by atoms with Crippen LogP contribution < -0.4 is 5.73 Å². The standard InChI is InChI=1S/C15H30N2O/c1-3-17(15-9-4-6-12(15)11-16)13-7-5-8-14(10-13)18-2/h12-15H,3-11,16H2,1-2H3. The smallest absolute Gasteiger partial charge is 0.0586 e. The van der Waals surface area contributed by atoms with E-state index < -0.39 is 0 Å². The molecule has 0 amide bonds. The summed E-state index contributed by atoms with van der Waals surface area (Å²) in [7, 11) is 1.86. The molecule has 3 heteroatoms. The highest BCUT2D eigenvalue weighted by Crippen LogP contribution is 2.34. The lowest BCUT2D eigenvalue weighted by Crippen LogP contribution is -2.48. The van der Waals surface area contributed by atoms with Crippen LogP contribution in [0.2, 0.25) is 0 Å². The predicted octanol–water partition coefficient (Wildman–Crippen LogP) is 2.39. The average molecular weight is 254 g/mol. The lowest BCUT2D eigenvalue weighted by Gasteiger charge is -2.42. The molecule has 0 spiro atoms. The first-order chi connectivity index (χ1) is 8.80. The fourth-order valence-corrected chi connectivity index (χ4v) is 4.13. The summed E-state index contributed by atoms with van der Waals surface area (Å²) < 4.78 is 5.58. The van der Waals surface area contributed by atoms with Gasteiger partial charge in [-0.1, -0.05) is 13.3 Å². The van der Waals surface area contributed by atoms with Crippen molar-refractivity contribution in [2.45, 2.75) is 70.1 Å². The van der Waals surface area contributed by atoms with Crippen molar-refractivity contribution in [2.24, 2.45) is 11.7 Å². The summed E-state index contributed by atoms with van der Waals surface area (Å²) in [5.41, 5.74) is 5.95. The third-order valence-electron chi connectivity index (χ3n) is 5.11. The monoisotopic (exact) mass is 254 g/mol. The van der Waals surface area contributed by atoms with Crippen molar-refractivity contribution in [3.8, 4) is 0 Å². The molecule has 3 nitrogen and oxygen atoms in total. The lowest BCUT2D eigenvalue weighted by atomic mass is 9.89. The first-order valence-corrected chi connectivity index (χ1v) is 7.78. The molecule has 0 aromatic heterocycles. The van der Waals surface area contributed by atoms with Gasteiger partial charge in [-0.15, -0.1) is 0 Å². The van der Waals surface area contributed by atoms with Crippen LogP contribution in [-0.4, -0.2) is 43.3 Å². The van der Waals surface area contributed by atoms with E-state index in [1.807, 2.05) is 7.11 Å². The Morgan fingerprint density at radius 3 is 2.61 bits per heavy atom. The normalized spacial score (nSPS) is 37.3. The Hall–Kier alpha value is -0.120. The molecule has 2 N–H and O–H groups in total. The van der Waals surface area contributed by atoms with Gasteiger partial charge in [0.15, 0.2) is 0 Å². The van der Waals surface area contributed by atoms with Crippen LogP contribution in [0.4, 0.5) is 0 Å². The van der Waals surface area contributed by atoms with Crippen LogP contribution in [0.15, 0.2) is 0 Å². The Morgan fingerprint density at radius 2 is 1.94 bits per heavy atom. The zero-order chi connectivity index (χ0) is 13.0. The molecule has 0 aromatic rings. The Kier molecular flexibility index (Phi) is 5.46. The molecule has 4 unspecified atom stereocenters. The van der Waals surface area contributed by atoms with Gasteiger partial charge < -0.3 is 10.5 Å². The van der Waals surface area contributed by atoms with E-state index in [4.69, 9.17) is 10.5 Å². The van der Waals surface area contributed by atoms with Crippen molar-refractivity contribution in [3.63, 3.8) is 0 Å². The van der Waals surface area contributed by atoms with E-state index in [1.165, 1.54) is 51.5 Å². The number of nitrogens with two attached hydrogens (primary N) is 1. The summed E-state index contributed by atoms with van der Waals surface area (Å²) in [6.07, 6.45) is 9.66. The molecular weight excluding hydrogens is 224 g/mol. The maximum Gasteiger partial charge on any atom is 0.0586 e. The van der Waals surface area contributed by atoms with Gasteiger partial charge in [-0.2, -0.15) is 0 Å². The number of ether oxygens (including phenoxy) is 1. The fourth-order valence-electron chi connectivity index (χ4n) is 4.13. The van der Waals surface area contributed by atoms with Crippen LogP contribution in [0, 0.1) is 5.92 Å². The van der Waals surface area contributed by atoms with Crippen LogP contribution in [0.25, 0.3) is 0 Å². The van der Waals surface area contributed by atoms with Gasteiger partial charge in [0.25, 0.3) is 0 Å². The molecule has 0 aliphatic heterocycles. The van der Waals surface area contributed by atoms with Crippen molar-refractivity contribution in [3.05, 3.63) is 0 Å². The minimum atomic E-state index is 0.482. The molecular formula is C15H30N2O. The number of hydrogen-bond donors (Lipinski definition) is 1. The first-order valence-electron chi connectivity index (χ1n) is 7.78. The van der Waals surface area contributed by atoms with Crippen molar-refractivity contribution >= 4 is 0 Å². The molecule has 4 atom stereocenters. The van der Waals surface area contributed by atoms with Crippen LogP contribution in [0.5, 0.6) is 0 Å². The van der Waals surface area contributed by atoms with Gasteiger partial charge in [-0.25, -0.2) is 0 Å². The van der Waals surface area contributed by atoms with Crippen molar-refractivity contribution in [1.82, 2.24) is 4.90 Å². The molecule has 2 rings (SSSR count). The van der Waals surface area contributed by atoms with Crippen LogP contribution in [0.3, 0.4) is 0 Å². The highest BCUT2D eigenvalue weighted by molar-refractivity contribution is 4.91. The number of nitrogens with zero attached hydrogens (tertiary/aromatic N) is 1. The Balaban J connectivity index is 1.98. The molecule has 0 aromatic carbocycles.